The van der Waals surface area contributed by atoms with Crippen LogP contribution in [0, 0.1) is 5.92 Å². The molecular formula is C14H16BrF3N2O. The zero-order chi connectivity index (χ0) is 15.5. The van der Waals surface area contributed by atoms with Gasteiger partial charge in [0.15, 0.2) is 0 Å². The summed E-state index contributed by atoms with van der Waals surface area (Å²) in [6.07, 6.45) is -2.13. The summed E-state index contributed by atoms with van der Waals surface area (Å²) in [5.74, 6) is -0.0213. The Morgan fingerprint density at radius 3 is 2.81 bits per heavy atom. The molecule has 2 N–H and O–H groups in total. The van der Waals surface area contributed by atoms with Gasteiger partial charge in [0, 0.05) is 10.9 Å². The number of hydrogen-bond donors (Lipinski definition) is 2. The van der Waals surface area contributed by atoms with Crippen LogP contribution in [0.5, 0.6) is 0 Å². The first-order valence-corrected chi connectivity index (χ1v) is 7.53. The Morgan fingerprint density at radius 1 is 1.43 bits per heavy atom. The monoisotopic (exact) mass is 364 g/mol. The van der Waals surface area contributed by atoms with Gasteiger partial charge in [0.05, 0.1) is 11.3 Å². The molecule has 1 fully saturated rings. The summed E-state index contributed by atoms with van der Waals surface area (Å²) in [7, 11) is 0. The van der Waals surface area contributed by atoms with Crippen LogP contribution in [0.4, 0.5) is 18.9 Å². The molecule has 0 aromatic heterocycles. The molecule has 1 aliphatic heterocycles. The number of carbonyl (C=O) groups excluding carboxylic acids is 1. The van der Waals surface area contributed by atoms with Gasteiger partial charge >= 0.3 is 6.18 Å². The van der Waals surface area contributed by atoms with E-state index in [2.05, 4.69) is 26.6 Å². The molecule has 7 heteroatoms. The van der Waals surface area contributed by atoms with E-state index < -0.39 is 11.7 Å². The highest BCUT2D eigenvalue weighted by Crippen LogP contribution is 2.34. The van der Waals surface area contributed by atoms with Gasteiger partial charge < -0.3 is 10.6 Å². The van der Waals surface area contributed by atoms with Crippen molar-refractivity contribution in [3.05, 3.63) is 28.2 Å². The predicted octanol–water partition coefficient (Wildman–Crippen LogP) is 3.80. The first-order valence-electron chi connectivity index (χ1n) is 6.73. The van der Waals surface area contributed by atoms with E-state index in [-0.39, 0.29) is 17.5 Å². The van der Waals surface area contributed by atoms with Crippen molar-refractivity contribution in [2.45, 2.75) is 25.4 Å². The van der Waals surface area contributed by atoms with Crippen molar-refractivity contribution in [3.63, 3.8) is 0 Å². The number of alkyl halides is 3. The number of piperidine rings is 1. The van der Waals surface area contributed by atoms with Crippen LogP contribution < -0.4 is 10.6 Å². The summed E-state index contributed by atoms with van der Waals surface area (Å²) in [5.41, 5.74) is -0.626. The first kappa shape index (κ1) is 16.3. The lowest BCUT2D eigenvalue weighted by molar-refractivity contribution is -0.137. The van der Waals surface area contributed by atoms with Crippen LogP contribution in [0.25, 0.3) is 0 Å². The number of carbonyl (C=O) groups is 1. The summed E-state index contributed by atoms with van der Waals surface area (Å²) in [6, 6.07) is 3.21. The van der Waals surface area contributed by atoms with Crippen LogP contribution in [-0.2, 0) is 11.0 Å². The minimum Gasteiger partial charge on any atom is -0.325 e. The van der Waals surface area contributed by atoms with Crippen molar-refractivity contribution in [1.29, 1.82) is 0 Å². The van der Waals surface area contributed by atoms with E-state index in [0.717, 1.165) is 38.1 Å². The van der Waals surface area contributed by atoms with E-state index in [4.69, 9.17) is 0 Å². The molecule has 0 spiro atoms. The van der Waals surface area contributed by atoms with E-state index in [0.29, 0.717) is 10.9 Å². The van der Waals surface area contributed by atoms with Crippen LogP contribution in [0.2, 0.25) is 0 Å². The maximum Gasteiger partial charge on any atom is 0.416 e. The highest BCUT2D eigenvalue weighted by Gasteiger charge is 2.31. The molecule has 0 saturated carbocycles. The van der Waals surface area contributed by atoms with Crippen molar-refractivity contribution in [2.75, 3.05) is 18.4 Å². The second kappa shape index (κ2) is 6.79. The number of rotatable bonds is 3. The molecular weight excluding hydrogens is 349 g/mol. The zero-order valence-electron chi connectivity index (χ0n) is 11.3. The van der Waals surface area contributed by atoms with Crippen molar-refractivity contribution >= 4 is 27.5 Å². The lowest BCUT2D eigenvalue weighted by atomic mass is 9.96. The van der Waals surface area contributed by atoms with E-state index in [1.807, 2.05) is 0 Å². The van der Waals surface area contributed by atoms with Crippen molar-refractivity contribution in [1.82, 2.24) is 5.32 Å². The molecule has 2 rings (SSSR count). The van der Waals surface area contributed by atoms with E-state index in [1.165, 1.54) is 6.07 Å². The molecule has 21 heavy (non-hydrogen) atoms. The summed E-state index contributed by atoms with van der Waals surface area (Å²) in [6.45, 7) is 1.73. The summed E-state index contributed by atoms with van der Waals surface area (Å²) in [4.78, 5) is 12.0. The second-order valence-electron chi connectivity index (χ2n) is 5.16. The van der Waals surface area contributed by atoms with Gasteiger partial charge in [0.25, 0.3) is 0 Å². The third-order valence-electron chi connectivity index (χ3n) is 3.44. The number of nitrogens with one attached hydrogen (secondary N) is 2. The topological polar surface area (TPSA) is 41.1 Å². The second-order valence-corrected chi connectivity index (χ2v) is 6.01. The summed E-state index contributed by atoms with van der Waals surface area (Å²) in [5, 5.41) is 5.76. The Labute approximate surface area is 129 Å². The molecule has 1 aromatic carbocycles. The molecule has 116 valence electrons. The van der Waals surface area contributed by atoms with Crippen LogP contribution in [0.3, 0.4) is 0 Å². The number of hydrogen-bond acceptors (Lipinski definition) is 2. The highest BCUT2D eigenvalue weighted by atomic mass is 79.9. The Hall–Kier alpha value is -1.08. The van der Waals surface area contributed by atoms with Crippen LogP contribution in [-0.4, -0.2) is 19.0 Å². The van der Waals surface area contributed by atoms with Gasteiger partial charge in [-0.1, -0.05) is 0 Å². The van der Waals surface area contributed by atoms with Crippen molar-refractivity contribution in [2.24, 2.45) is 5.92 Å². The third-order valence-corrected chi connectivity index (χ3v) is 4.13. The molecule has 1 unspecified atom stereocenters. The number of benzene rings is 1. The van der Waals surface area contributed by atoms with Crippen LogP contribution >= 0.6 is 15.9 Å². The number of amides is 1. The van der Waals surface area contributed by atoms with E-state index in [1.54, 1.807) is 0 Å². The number of anilines is 1. The lowest BCUT2D eigenvalue weighted by Crippen LogP contribution is -2.32. The fraction of sp³-hybridized carbons (Fsp3) is 0.500. The molecule has 1 amide bonds. The average Bonchev–Trinajstić information content (AvgIpc) is 2.41. The van der Waals surface area contributed by atoms with Crippen molar-refractivity contribution < 1.29 is 18.0 Å². The average molecular weight is 365 g/mol. The molecule has 0 bridgehead atoms. The van der Waals surface area contributed by atoms with Gasteiger partial charge in [-0.2, -0.15) is 13.2 Å². The highest BCUT2D eigenvalue weighted by molar-refractivity contribution is 9.10. The van der Waals surface area contributed by atoms with Crippen molar-refractivity contribution in [3.8, 4) is 0 Å². The van der Waals surface area contributed by atoms with Crippen LogP contribution in [0.1, 0.15) is 24.8 Å². The Bertz CT molecular complexity index is 513. The van der Waals surface area contributed by atoms with Gasteiger partial charge in [-0.25, -0.2) is 0 Å². The summed E-state index contributed by atoms with van der Waals surface area (Å²) < 4.78 is 38.5. The third kappa shape index (κ3) is 4.71. The number of halogens is 4. The predicted molar refractivity (Wildman–Crippen MR) is 78.0 cm³/mol. The van der Waals surface area contributed by atoms with E-state index in [9.17, 15) is 18.0 Å². The van der Waals surface area contributed by atoms with Crippen LogP contribution in [0.15, 0.2) is 22.7 Å². The molecule has 1 heterocycles. The van der Waals surface area contributed by atoms with Gasteiger partial charge in [-0.05, 0) is 66.0 Å². The molecule has 1 aromatic rings. The molecule has 3 nitrogen and oxygen atoms in total. The molecule has 1 saturated heterocycles. The van der Waals surface area contributed by atoms with Gasteiger partial charge in [0.2, 0.25) is 5.91 Å². The van der Waals surface area contributed by atoms with Gasteiger partial charge in [-0.3, -0.25) is 4.79 Å². The normalized spacial score (nSPS) is 19.3. The maximum atomic E-state index is 12.7. The quantitative estimate of drug-likeness (QED) is 0.856. The summed E-state index contributed by atoms with van der Waals surface area (Å²) >= 11 is 3.16. The fourth-order valence-electron chi connectivity index (χ4n) is 2.36. The molecule has 1 aliphatic rings. The molecule has 1 atom stereocenters. The fourth-order valence-corrected chi connectivity index (χ4v) is 2.70. The molecule has 0 radical (unpaired) electrons. The standard InChI is InChI=1S/C14H16BrF3N2O/c15-11-4-3-10(14(16,17)18)7-12(11)20-13(21)6-9-2-1-5-19-8-9/h3-4,7,9,19H,1-2,5-6,8H2,(H,20,21). The smallest absolute Gasteiger partial charge is 0.325 e. The minimum absolute atomic E-state index is 0.151. The minimum atomic E-state index is -4.42. The first-order chi connectivity index (χ1) is 9.86. The molecule has 0 aliphatic carbocycles. The lowest BCUT2D eigenvalue weighted by Gasteiger charge is -2.22. The largest absolute Gasteiger partial charge is 0.416 e. The maximum absolute atomic E-state index is 12.7. The van der Waals surface area contributed by atoms with Gasteiger partial charge in [-0.15, -0.1) is 0 Å². The van der Waals surface area contributed by atoms with E-state index >= 15 is 0 Å². The Balaban J connectivity index is 2.02. The zero-order valence-corrected chi connectivity index (χ0v) is 12.9. The van der Waals surface area contributed by atoms with Gasteiger partial charge in [0.1, 0.15) is 0 Å². The Kier molecular flexibility index (Phi) is 5.27. The SMILES string of the molecule is O=C(CC1CCCNC1)Nc1cc(C(F)(F)F)ccc1Br. The Morgan fingerprint density at radius 2 is 2.19 bits per heavy atom.